The van der Waals surface area contributed by atoms with Gasteiger partial charge in [-0.2, -0.15) is 18.3 Å². The Morgan fingerprint density at radius 1 is 1.45 bits per heavy atom. The molecule has 0 aliphatic carbocycles. The Bertz CT molecular complexity index is 650. The zero-order valence-corrected chi connectivity index (χ0v) is 10.3. The van der Waals surface area contributed by atoms with E-state index in [0.717, 1.165) is 0 Å². The van der Waals surface area contributed by atoms with Crippen molar-refractivity contribution in [3.8, 4) is 5.82 Å². The molecule has 2 aromatic heterocycles. The Labute approximate surface area is 111 Å². The molecule has 0 aromatic carbocycles. The van der Waals surface area contributed by atoms with Crippen molar-refractivity contribution in [2.24, 2.45) is 0 Å². The van der Waals surface area contributed by atoms with Gasteiger partial charge in [0, 0.05) is 6.20 Å². The van der Waals surface area contributed by atoms with Crippen molar-refractivity contribution >= 4 is 5.97 Å². The summed E-state index contributed by atoms with van der Waals surface area (Å²) in [5.74, 6) is -1.70. The lowest BCUT2D eigenvalue weighted by Crippen LogP contribution is -2.18. The summed E-state index contributed by atoms with van der Waals surface area (Å²) in [6.07, 6.45) is -2.38. The number of aromatic carboxylic acids is 1. The number of pyridine rings is 1. The highest BCUT2D eigenvalue weighted by atomic mass is 19.4. The van der Waals surface area contributed by atoms with Gasteiger partial charge in [0.15, 0.2) is 11.5 Å². The van der Waals surface area contributed by atoms with Crippen LogP contribution in [0.3, 0.4) is 0 Å². The molecule has 1 N–H and O–H groups in total. The van der Waals surface area contributed by atoms with E-state index in [2.05, 4.69) is 10.1 Å². The highest BCUT2D eigenvalue weighted by Gasteiger charge is 2.41. The van der Waals surface area contributed by atoms with Crippen molar-refractivity contribution in [2.75, 3.05) is 0 Å². The molecule has 0 unspecified atom stereocenters. The first-order valence-corrected chi connectivity index (χ1v) is 5.69. The zero-order valence-electron chi connectivity index (χ0n) is 10.3. The molecular formula is C12H10F3N3O2. The molecule has 0 atom stereocenters. The molecule has 0 bridgehead atoms. The zero-order chi connectivity index (χ0) is 14.9. The second-order valence-electron chi connectivity index (χ2n) is 3.96. The SMILES string of the molecule is CCc1cccnc1-n1ncc(C(=O)O)c1C(F)(F)F. The highest BCUT2D eigenvalue weighted by molar-refractivity contribution is 5.89. The molecule has 0 amide bonds. The third-order valence-electron chi connectivity index (χ3n) is 2.72. The number of nitrogens with zero attached hydrogens (tertiary/aromatic N) is 3. The van der Waals surface area contributed by atoms with E-state index in [4.69, 9.17) is 5.11 Å². The van der Waals surface area contributed by atoms with Crippen molar-refractivity contribution in [3.05, 3.63) is 41.3 Å². The summed E-state index contributed by atoms with van der Waals surface area (Å²) in [4.78, 5) is 14.8. The van der Waals surface area contributed by atoms with Crippen molar-refractivity contribution < 1.29 is 23.1 Å². The molecule has 2 aromatic rings. The van der Waals surface area contributed by atoms with Gasteiger partial charge in [-0.1, -0.05) is 13.0 Å². The third-order valence-corrected chi connectivity index (χ3v) is 2.72. The number of aromatic nitrogens is 3. The van der Waals surface area contributed by atoms with Crippen molar-refractivity contribution in [1.29, 1.82) is 0 Å². The van der Waals surface area contributed by atoms with Gasteiger partial charge in [-0.05, 0) is 18.1 Å². The lowest BCUT2D eigenvalue weighted by atomic mass is 10.2. The van der Waals surface area contributed by atoms with Crippen molar-refractivity contribution in [3.63, 3.8) is 0 Å². The van der Waals surface area contributed by atoms with Crippen LogP contribution in [0.2, 0.25) is 0 Å². The van der Waals surface area contributed by atoms with E-state index in [1.807, 2.05) is 0 Å². The van der Waals surface area contributed by atoms with Crippen LogP contribution < -0.4 is 0 Å². The smallest absolute Gasteiger partial charge is 0.434 e. The summed E-state index contributed by atoms with van der Waals surface area (Å²) >= 11 is 0. The van der Waals surface area contributed by atoms with Crippen LogP contribution in [0, 0.1) is 0 Å². The second kappa shape index (κ2) is 4.95. The summed E-state index contributed by atoms with van der Waals surface area (Å²) in [6.45, 7) is 1.76. The third kappa shape index (κ3) is 2.36. The van der Waals surface area contributed by atoms with Gasteiger partial charge < -0.3 is 5.11 Å². The molecule has 106 valence electrons. The molecule has 5 nitrogen and oxygen atoms in total. The van der Waals surface area contributed by atoms with E-state index in [1.165, 1.54) is 6.20 Å². The monoisotopic (exact) mass is 285 g/mol. The van der Waals surface area contributed by atoms with Gasteiger partial charge in [0.1, 0.15) is 5.56 Å². The van der Waals surface area contributed by atoms with E-state index in [9.17, 15) is 18.0 Å². The Balaban J connectivity index is 2.72. The lowest BCUT2D eigenvalue weighted by Gasteiger charge is -2.13. The number of carboxylic acids is 1. The number of rotatable bonds is 3. The molecule has 8 heteroatoms. The first kappa shape index (κ1) is 14.0. The fraction of sp³-hybridized carbons (Fsp3) is 0.250. The minimum absolute atomic E-state index is 0.0187. The molecular weight excluding hydrogens is 275 g/mol. The molecule has 2 rings (SSSR count). The lowest BCUT2D eigenvalue weighted by molar-refractivity contribution is -0.143. The van der Waals surface area contributed by atoms with E-state index in [0.29, 0.717) is 22.9 Å². The number of hydrogen-bond donors (Lipinski definition) is 1. The molecule has 0 saturated heterocycles. The van der Waals surface area contributed by atoms with Crippen LogP contribution >= 0.6 is 0 Å². The number of alkyl halides is 3. The molecule has 0 fully saturated rings. The van der Waals surface area contributed by atoms with E-state index >= 15 is 0 Å². The summed E-state index contributed by atoms with van der Waals surface area (Å²) < 4.78 is 39.7. The molecule has 0 saturated carbocycles. The molecule has 2 heterocycles. The molecule has 0 spiro atoms. The molecule has 0 aliphatic rings. The van der Waals surface area contributed by atoms with Gasteiger partial charge in [-0.25, -0.2) is 14.5 Å². The van der Waals surface area contributed by atoms with Gasteiger partial charge in [0.25, 0.3) is 0 Å². The second-order valence-corrected chi connectivity index (χ2v) is 3.96. The summed E-state index contributed by atoms with van der Waals surface area (Å²) in [5, 5.41) is 12.4. The number of carboxylic acid groups (broad SMARTS) is 1. The Morgan fingerprint density at radius 3 is 2.70 bits per heavy atom. The summed E-state index contributed by atoms with van der Waals surface area (Å²) in [5.41, 5.74) is -1.69. The minimum atomic E-state index is -4.84. The van der Waals surface area contributed by atoms with Crippen LogP contribution in [0.25, 0.3) is 5.82 Å². The number of halogens is 3. The van der Waals surface area contributed by atoms with Gasteiger partial charge in [0.2, 0.25) is 0 Å². The number of carbonyl (C=O) groups is 1. The Hall–Kier alpha value is -2.38. The fourth-order valence-electron chi connectivity index (χ4n) is 1.84. The van der Waals surface area contributed by atoms with Crippen LogP contribution in [0.1, 0.15) is 28.5 Å². The number of aryl methyl sites for hydroxylation is 1. The Kier molecular flexibility index (Phi) is 3.47. The first-order valence-electron chi connectivity index (χ1n) is 5.69. The van der Waals surface area contributed by atoms with Crippen LogP contribution in [0.4, 0.5) is 13.2 Å². The maximum atomic E-state index is 13.1. The molecule has 0 aliphatic heterocycles. The standard InChI is InChI=1S/C12H10F3N3O2/c1-2-7-4-3-5-16-10(7)18-9(12(13,14)15)8(6-17-18)11(19)20/h3-6H,2H2,1H3,(H,19,20). The van der Waals surface area contributed by atoms with Crippen LogP contribution in [-0.4, -0.2) is 25.8 Å². The predicted octanol–water partition coefficient (Wildman–Crippen LogP) is 2.55. The number of hydrogen-bond acceptors (Lipinski definition) is 3. The average Bonchev–Trinajstić information content (AvgIpc) is 2.83. The van der Waals surface area contributed by atoms with Crippen LogP contribution in [0.15, 0.2) is 24.5 Å². The first-order chi connectivity index (χ1) is 9.36. The summed E-state index contributed by atoms with van der Waals surface area (Å²) in [6, 6.07) is 3.21. The normalized spacial score (nSPS) is 11.6. The fourth-order valence-corrected chi connectivity index (χ4v) is 1.84. The van der Waals surface area contributed by atoms with Crippen LogP contribution in [0.5, 0.6) is 0 Å². The van der Waals surface area contributed by atoms with Crippen molar-refractivity contribution in [1.82, 2.24) is 14.8 Å². The molecule has 20 heavy (non-hydrogen) atoms. The van der Waals surface area contributed by atoms with Gasteiger partial charge >= 0.3 is 12.1 Å². The van der Waals surface area contributed by atoms with Gasteiger partial charge in [-0.3, -0.25) is 0 Å². The van der Waals surface area contributed by atoms with Crippen LogP contribution in [-0.2, 0) is 12.6 Å². The highest BCUT2D eigenvalue weighted by Crippen LogP contribution is 2.33. The van der Waals surface area contributed by atoms with Gasteiger partial charge in [-0.15, -0.1) is 0 Å². The quantitative estimate of drug-likeness (QED) is 0.941. The van der Waals surface area contributed by atoms with E-state index in [-0.39, 0.29) is 5.82 Å². The van der Waals surface area contributed by atoms with Crippen molar-refractivity contribution in [2.45, 2.75) is 19.5 Å². The summed E-state index contributed by atoms with van der Waals surface area (Å²) in [7, 11) is 0. The maximum Gasteiger partial charge on any atom is 0.434 e. The van der Waals surface area contributed by atoms with E-state index in [1.54, 1.807) is 19.1 Å². The largest absolute Gasteiger partial charge is 0.478 e. The molecule has 0 radical (unpaired) electrons. The average molecular weight is 285 g/mol. The Morgan fingerprint density at radius 2 is 2.15 bits per heavy atom. The minimum Gasteiger partial charge on any atom is -0.478 e. The van der Waals surface area contributed by atoms with Gasteiger partial charge in [0.05, 0.1) is 6.20 Å². The van der Waals surface area contributed by atoms with E-state index < -0.39 is 23.4 Å². The predicted molar refractivity (Wildman–Crippen MR) is 62.7 cm³/mol. The maximum absolute atomic E-state index is 13.1. The topological polar surface area (TPSA) is 68.0 Å².